The molecule has 2 rings (SSSR count). The second-order valence-electron chi connectivity index (χ2n) is 7.59. The van der Waals surface area contributed by atoms with Crippen LogP contribution in [0.1, 0.15) is 38.7 Å². The third-order valence-electron chi connectivity index (χ3n) is 5.12. The monoisotopic (exact) mass is 519 g/mol. The number of barbiturate groups is 1. The lowest BCUT2D eigenvalue weighted by atomic mass is 9.74. The normalized spacial score (nSPS) is 18.6. The molecule has 0 spiro atoms. The number of carboxylic acids is 1. The highest BCUT2D eigenvalue weighted by atomic mass is 19.4. The molecule has 0 aliphatic carbocycles. The maximum absolute atomic E-state index is 13.3. The van der Waals surface area contributed by atoms with E-state index in [2.05, 4.69) is 5.32 Å². The van der Waals surface area contributed by atoms with Crippen LogP contribution in [-0.2, 0) is 29.3 Å². The van der Waals surface area contributed by atoms with Crippen molar-refractivity contribution in [2.45, 2.75) is 50.8 Å². The zero-order chi connectivity index (χ0) is 27.5. The Morgan fingerprint density at radius 2 is 1.75 bits per heavy atom. The molecule has 36 heavy (non-hydrogen) atoms. The number of halogens is 3. The summed E-state index contributed by atoms with van der Waals surface area (Å²) in [6, 6.07) is 7.67. The molecule has 1 saturated heterocycles. The zero-order valence-electron chi connectivity index (χ0n) is 19.7. The summed E-state index contributed by atoms with van der Waals surface area (Å²) >= 11 is 0. The van der Waals surface area contributed by atoms with Gasteiger partial charge in [0, 0.05) is 6.61 Å². The zero-order valence-corrected chi connectivity index (χ0v) is 19.7. The van der Waals surface area contributed by atoms with E-state index in [1.807, 2.05) is 6.92 Å². The molecule has 2 atom stereocenters. The Bertz CT molecular complexity index is 942. The first kappa shape index (κ1) is 30.4. The molecule has 0 saturated carbocycles. The second kappa shape index (κ2) is 13.4. The average molecular weight is 519 g/mol. The molecule has 5 amide bonds. The number of nitrogens with zero attached hydrogens (tertiary/aromatic N) is 1. The summed E-state index contributed by atoms with van der Waals surface area (Å²) in [5.41, 5.74) is 4.05. The van der Waals surface area contributed by atoms with Gasteiger partial charge in [-0.15, -0.1) is 0 Å². The number of aliphatic carboxylic acids is 1. The number of benzene rings is 1. The van der Waals surface area contributed by atoms with Gasteiger partial charge in [0.05, 0.1) is 13.2 Å². The number of amides is 5. The molecular weight excluding hydrogens is 491 g/mol. The van der Waals surface area contributed by atoms with Gasteiger partial charge in [-0.05, 0) is 18.4 Å². The van der Waals surface area contributed by atoms with Crippen molar-refractivity contribution in [3.05, 3.63) is 35.9 Å². The summed E-state index contributed by atoms with van der Waals surface area (Å²) in [6.45, 7) is 3.84. The largest absolute Gasteiger partial charge is 0.490 e. The predicted molar refractivity (Wildman–Crippen MR) is 118 cm³/mol. The molecule has 1 fully saturated rings. The van der Waals surface area contributed by atoms with E-state index in [0.717, 1.165) is 17.7 Å². The first-order valence-electron chi connectivity index (χ1n) is 10.9. The molecule has 1 heterocycles. The Kier molecular flexibility index (Phi) is 11.3. The van der Waals surface area contributed by atoms with E-state index in [0.29, 0.717) is 12.2 Å². The number of rotatable bonds is 10. The number of imide groups is 2. The van der Waals surface area contributed by atoms with E-state index in [9.17, 15) is 32.3 Å². The van der Waals surface area contributed by atoms with Gasteiger partial charge in [-0.3, -0.25) is 19.8 Å². The Labute approximate surface area is 204 Å². The molecule has 2 unspecified atom stereocenters. The van der Waals surface area contributed by atoms with E-state index in [4.69, 9.17) is 25.1 Å². The highest BCUT2D eigenvalue weighted by Gasteiger charge is 2.54. The van der Waals surface area contributed by atoms with Crippen molar-refractivity contribution in [2.24, 2.45) is 5.73 Å². The van der Waals surface area contributed by atoms with Crippen molar-refractivity contribution in [1.29, 1.82) is 0 Å². The van der Waals surface area contributed by atoms with Crippen LogP contribution in [0.2, 0.25) is 0 Å². The van der Waals surface area contributed by atoms with Gasteiger partial charge in [0.15, 0.2) is 5.41 Å². The van der Waals surface area contributed by atoms with Crippen LogP contribution in [0, 0.1) is 0 Å². The molecule has 4 N–H and O–H groups in total. The van der Waals surface area contributed by atoms with Crippen molar-refractivity contribution < 1.29 is 51.7 Å². The Balaban J connectivity index is 0.000000809. The fraction of sp³-hybridized carbons (Fsp3) is 0.500. The molecule has 11 nitrogen and oxygen atoms in total. The van der Waals surface area contributed by atoms with Crippen molar-refractivity contribution >= 4 is 29.9 Å². The standard InChI is InChI=1S/C20H27N3O6.C2HF3O2/c1-3-5-11-28-13-15(29-18(21)26)12-23-17(25)20(4-2,16(24)22-19(23)27)14-9-7-6-8-10-14;3-2(4,5)1(6)7/h6-10,15H,3-5,11-13H2,1-2H3,(H2,21,26)(H,22,24,27);(H,6,7). The molecule has 0 aromatic heterocycles. The number of hydrogen-bond acceptors (Lipinski definition) is 7. The molecular formula is C22H28F3N3O8. The lowest BCUT2D eigenvalue weighted by molar-refractivity contribution is -0.192. The van der Waals surface area contributed by atoms with Crippen LogP contribution in [0.3, 0.4) is 0 Å². The van der Waals surface area contributed by atoms with Gasteiger partial charge >= 0.3 is 24.3 Å². The van der Waals surface area contributed by atoms with Gasteiger partial charge < -0.3 is 20.3 Å². The number of unbranched alkanes of at least 4 members (excludes halogenated alkanes) is 1. The van der Waals surface area contributed by atoms with Crippen LogP contribution < -0.4 is 11.1 Å². The third-order valence-corrected chi connectivity index (χ3v) is 5.12. The molecule has 1 aliphatic heterocycles. The number of carbonyl (C=O) groups excluding carboxylic acids is 4. The highest BCUT2D eigenvalue weighted by molar-refractivity contribution is 6.22. The molecule has 1 aliphatic rings. The number of carboxylic acid groups (broad SMARTS) is 1. The predicted octanol–water partition coefficient (Wildman–Crippen LogP) is 2.33. The summed E-state index contributed by atoms with van der Waals surface area (Å²) in [5.74, 6) is -4.11. The summed E-state index contributed by atoms with van der Waals surface area (Å²) in [7, 11) is 0. The van der Waals surface area contributed by atoms with Crippen LogP contribution in [-0.4, -0.2) is 72.0 Å². The van der Waals surface area contributed by atoms with Gasteiger partial charge in [0.2, 0.25) is 5.91 Å². The number of hydrogen-bond donors (Lipinski definition) is 3. The number of nitrogens with two attached hydrogens (primary N) is 1. The quantitative estimate of drug-likeness (QED) is 0.313. The minimum Gasteiger partial charge on any atom is -0.475 e. The Morgan fingerprint density at radius 1 is 1.17 bits per heavy atom. The third kappa shape index (κ3) is 7.93. The summed E-state index contributed by atoms with van der Waals surface area (Å²) in [5, 5.41) is 9.37. The number of urea groups is 1. The summed E-state index contributed by atoms with van der Waals surface area (Å²) in [4.78, 5) is 59.5. The smallest absolute Gasteiger partial charge is 0.475 e. The van der Waals surface area contributed by atoms with Crippen molar-refractivity contribution in [2.75, 3.05) is 19.8 Å². The Morgan fingerprint density at radius 3 is 2.22 bits per heavy atom. The first-order valence-corrected chi connectivity index (χ1v) is 10.9. The average Bonchev–Trinajstić information content (AvgIpc) is 2.80. The summed E-state index contributed by atoms with van der Waals surface area (Å²) in [6.07, 6.45) is -5.18. The number of ether oxygens (including phenoxy) is 2. The van der Waals surface area contributed by atoms with Gasteiger partial charge in [-0.1, -0.05) is 50.6 Å². The van der Waals surface area contributed by atoms with Gasteiger partial charge in [0.25, 0.3) is 5.91 Å². The molecule has 0 bridgehead atoms. The van der Waals surface area contributed by atoms with Crippen molar-refractivity contribution in [1.82, 2.24) is 10.2 Å². The first-order chi connectivity index (χ1) is 16.8. The fourth-order valence-electron chi connectivity index (χ4n) is 3.30. The van der Waals surface area contributed by atoms with Gasteiger partial charge in [-0.25, -0.2) is 14.4 Å². The molecule has 14 heteroatoms. The molecule has 1 aromatic rings. The number of carbonyl (C=O) groups is 5. The second-order valence-corrected chi connectivity index (χ2v) is 7.59. The maximum Gasteiger partial charge on any atom is 0.490 e. The van der Waals surface area contributed by atoms with E-state index in [1.54, 1.807) is 37.3 Å². The van der Waals surface area contributed by atoms with Crippen LogP contribution in [0.5, 0.6) is 0 Å². The summed E-state index contributed by atoms with van der Waals surface area (Å²) < 4.78 is 42.2. The maximum atomic E-state index is 13.3. The molecule has 1 aromatic carbocycles. The highest BCUT2D eigenvalue weighted by Crippen LogP contribution is 2.33. The van der Waals surface area contributed by atoms with E-state index < -0.39 is 47.6 Å². The lowest BCUT2D eigenvalue weighted by Crippen LogP contribution is -2.67. The number of alkyl halides is 3. The van der Waals surface area contributed by atoms with Crippen LogP contribution >= 0.6 is 0 Å². The number of primary amides is 1. The van der Waals surface area contributed by atoms with Crippen LogP contribution in [0.15, 0.2) is 30.3 Å². The van der Waals surface area contributed by atoms with Crippen LogP contribution in [0.25, 0.3) is 0 Å². The van der Waals surface area contributed by atoms with Gasteiger partial charge in [0.1, 0.15) is 6.10 Å². The minimum absolute atomic E-state index is 0.0294. The van der Waals surface area contributed by atoms with E-state index in [1.165, 1.54) is 0 Å². The SMILES string of the molecule is CCCCOCC(CN1C(=O)NC(=O)C(CC)(c2ccccc2)C1=O)OC(N)=O.O=C(O)C(F)(F)F. The topological polar surface area (TPSA) is 165 Å². The lowest BCUT2D eigenvalue weighted by Gasteiger charge is -2.39. The van der Waals surface area contributed by atoms with Crippen molar-refractivity contribution in [3.63, 3.8) is 0 Å². The molecule has 0 radical (unpaired) electrons. The fourth-order valence-corrected chi connectivity index (χ4v) is 3.30. The number of nitrogens with one attached hydrogen (secondary N) is 1. The van der Waals surface area contributed by atoms with E-state index >= 15 is 0 Å². The minimum atomic E-state index is -5.08. The van der Waals surface area contributed by atoms with Crippen molar-refractivity contribution in [3.8, 4) is 0 Å². The van der Waals surface area contributed by atoms with Crippen LogP contribution in [0.4, 0.5) is 22.8 Å². The van der Waals surface area contributed by atoms with E-state index in [-0.39, 0.29) is 19.6 Å². The van der Waals surface area contributed by atoms with Gasteiger partial charge in [-0.2, -0.15) is 13.2 Å². The Hall–Kier alpha value is -3.68. The molecule has 200 valence electrons.